The average Bonchev–Trinajstić information content (AvgIpc) is 2.25. The van der Waals surface area contributed by atoms with Crippen LogP contribution >= 0.6 is 15.9 Å². The van der Waals surface area contributed by atoms with E-state index in [1.165, 1.54) is 5.69 Å². The molecule has 0 saturated carbocycles. The monoisotopic (exact) mass is 326 g/mol. The van der Waals surface area contributed by atoms with Gasteiger partial charge in [-0.2, -0.15) is 0 Å². The minimum absolute atomic E-state index is 0.0606. The largest absolute Gasteiger partial charge is 0.369 e. The standard InChI is InChI=1S/C15H23BrN2O/c1-10-8-18(9-15(3,4)19-10)14-6-5-12(11(2)17)7-13(14)16/h5-7,10-11H,8-9,17H2,1-4H3/t10?,11-/m0/s1. The van der Waals surface area contributed by atoms with Crippen LogP contribution in [0.5, 0.6) is 0 Å². The summed E-state index contributed by atoms with van der Waals surface area (Å²) in [7, 11) is 0. The molecule has 2 rings (SSSR count). The highest BCUT2D eigenvalue weighted by Crippen LogP contribution is 2.33. The van der Waals surface area contributed by atoms with Crippen LogP contribution in [0.15, 0.2) is 22.7 Å². The number of anilines is 1. The Kier molecular flexibility index (Phi) is 4.23. The van der Waals surface area contributed by atoms with Crippen LogP contribution in [0.2, 0.25) is 0 Å². The Hall–Kier alpha value is -0.580. The summed E-state index contributed by atoms with van der Waals surface area (Å²) in [5.41, 5.74) is 8.17. The van der Waals surface area contributed by atoms with Crippen molar-refractivity contribution < 1.29 is 4.74 Å². The van der Waals surface area contributed by atoms with E-state index in [-0.39, 0.29) is 17.7 Å². The normalized spacial score (nSPS) is 24.3. The third kappa shape index (κ3) is 3.50. The van der Waals surface area contributed by atoms with Gasteiger partial charge in [0.1, 0.15) is 0 Å². The number of halogens is 1. The van der Waals surface area contributed by atoms with E-state index >= 15 is 0 Å². The zero-order chi connectivity index (χ0) is 14.2. The molecule has 4 heteroatoms. The molecular formula is C15H23BrN2O. The van der Waals surface area contributed by atoms with Crippen LogP contribution in [-0.2, 0) is 4.74 Å². The van der Waals surface area contributed by atoms with Gasteiger partial charge in [-0.25, -0.2) is 0 Å². The molecule has 106 valence electrons. The highest BCUT2D eigenvalue weighted by molar-refractivity contribution is 9.10. The lowest BCUT2D eigenvalue weighted by Crippen LogP contribution is -2.52. The Morgan fingerprint density at radius 2 is 2.16 bits per heavy atom. The number of hydrogen-bond acceptors (Lipinski definition) is 3. The van der Waals surface area contributed by atoms with E-state index in [2.05, 4.69) is 59.8 Å². The molecule has 0 aromatic heterocycles. The fourth-order valence-corrected chi connectivity index (χ4v) is 3.35. The topological polar surface area (TPSA) is 38.5 Å². The van der Waals surface area contributed by atoms with Gasteiger partial charge in [0, 0.05) is 23.6 Å². The predicted octanol–water partition coefficient (Wildman–Crippen LogP) is 3.47. The number of ether oxygens (including phenoxy) is 1. The van der Waals surface area contributed by atoms with Gasteiger partial charge < -0.3 is 15.4 Å². The molecule has 0 bridgehead atoms. The number of nitrogens with zero attached hydrogens (tertiary/aromatic N) is 1. The van der Waals surface area contributed by atoms with Crippen LogP contribution in [0.1, 0.15) is 39.3 Å². The second-order valence-electron chi connectivity index (χ2n) is 6.07. The van der Waals surface area contributed by atoms with Crippen LogP contribution < -0.4 is 10.6 Å². The summed E-state index contributed by atoms with van der Waals surface area (Å²) in [5, 5.41) is 0. The first kappa shape index (κ1) is 14.8. The highest BCUT2D eigenvalue weighted by atomic mass is 79.9. The maximum absolute atomic E-state index is 5.95. The fourth-order valence-electron chi connectivity index (χ4n) is 2.70. The van der Waals surface area contributed by atoms with Crippen LogP contribution in [0.4, 0.5) is 5.69 Å². The molecule has 0 aliphatic carbocycles. The predicted molar refractivity (Wildman–Crippen MR) is 83.6 cm³/mol. The van der Waals surface area contributed by atoms with Crippen molar-refractivity contribution in [2.24, 2.45) is 5.73 Å². The molecule has 0 spiro atoms. The quantitative estimate of drug-likeness (QED) is 0.904. The van der Waals surface area contributed by atoms with Crippen molar-refractivity contribution in [3.8, 4) is 0 Å². The molecule has 0 amide bonds. The van der Waals surface area contributed by atoms with Gasteiger partial charge in [-0.1, -0.05) is 6.07 Å². The fraction of sp³-hybridized carbons (Fsp3) is 0.600. The molecule has 1 saturated heterocycles. The summed E-state index contributed by atoms with van der Waals surface area (Å²) in [6.45, 7) is 10.2. The summed E-state index contributed by atoms with van der Waals surface area (Å²) >= 11 is 3.67. The molecule has 3 nitrogen and oxygen atoms in total. The number of rotatable bonds is 2. The van der Waals surface area contributed by atoms with Crippen molar-refractivity contribution >= 4 is 21.6 Å². The molecule has 1 fully saturated rings. The van der Waals surface area contributed by atoms with Crippen molar-refractivity contribution in [1.82, 2.24) is 0 Å². The van der Waals surface area contributed by atoms with Gasteiger partial charge in [0.2, 0.25) is 0 Å². The Labute approximate surface area is 124 Å². The first-order chi connectivity index (χ1) is 8.78. The molecule has 1 aliphatic heterocycles. The van der Waals surface area contributed by atoms with Gasteiger partial charge in [-0.05, 0) is 61.3 Å². The van der Waals surface area contributed by atoms with Crippen LogP contribution in [0, 0.1) is 0 Å². The molecule has 1 aromatic carbocycles. The van der Waals surface area contributed by atoms with E-state index in [0.29, 0.717) is 0 Å². The smallest absolute Gasteiger partial charge is 0.0805 e. The minimum atomic E-state index is -0.114. The summed E-state index contributed by atoms with van der Waals surface area (Å²) in [6.07, 6.45) is 0.240. The lowest BCUT2D eigenvalue weighted by Gasteiger charge is -2.43. The molecule has 0 radical (unpaired) electrons. The van der Waals surface area contributed by atoms with Crippen LogP contribution in [0.3, 0.4) is 0 Å². The molecule has 2 N–H and O–H groups in total. The van der Waals surface area contributed by atoms with Gasteiger partial charge >= 0.3 is 0 Å². The van der Waals surface area contributed by atoms with E-state index in [0.717, 1.165) is 23.1 Å². The molecule has 1 heterocycles. The van der Waals surface area contributed by atoms with Gasteiger partial charge in [-0.3, -0.25) is 0 Å². The Bertz CT molecular complexity index is 459. The van der Waals surface area contributed by atoms with Crippen molar-refractivity contribution in [3.05, 3.63) is 28.2 Å². The maximum Gasteiger partial charge on any atom is 0.0805 e. The first-order valence-corrected chi connectivity index (χ1v) is 7.55. The van der Waals surface area contributed by atoms with Crippen LogP contribution in [-0.4, -0.2) is 24.8 Å². The first-order valence-electron chi connectivity index (χ1n) is 6.76. The number of benzene rings is 1. The van der Waals surface area contributed by atoms with E-state index in [4.69, 9.17) is 10.5 Å². The number of morpholine rings is 1. The SMILES string of the molecule is CC1CN(c2ccc([C@H](C)N)cc2Br)CC(C)(C)O1. The van der Waals surface area contributed by atoms with Gasteiger partial charge in [0.05, 0.1) is 17.4 Å². The van der Waals surface area contributed by atoms with Gasteiger partial charge in [0.15, 0.2) is 0 Å². The second-order valence-corrected chi connectivity index (χ2v) is 6.92. The average molecular weight is 327 g/mol. The van der Waals surface area contributed by atoms with E-state index in [1.807, 2.05) is 6.92 Å². The highest BCUT2D eigenvalue weighted by Gasteiger charge is 2.32. The summed E-state index contributed by atoms with van der Waals surface area (Å²) in [5.74, 6) is 0. The molecule has 1 aliphatic rings. The lowest BCUT2D eigenvalue weighted by molar-refractivity contribution is -0.0750. The van der Waals surface area contributed by atoms with Crippen molar-refractivity contribution in [2.75, 3.05) is 18.0 Å². The second kappa shape index (κ2) is 5.43. The molecule has 1 aromatic rings. The summed E-state index contributed by atoms with van der Waals surface area (Å²) < 4.78 is 7.05. The Morgan fingerprint density at radius 3 is 2.68 bits per heavy atom. The third-order valence-electron chi connectivity index (χ3n) is 3.41. The van der Waals surface area contributed by atoms with Crippen LogP contribution in [0.25, 0.3) is 0 Å². The number of hydrogen-bond donors (Lipinski definition) is 1. The Balaban J connectivity index is 2.26. The van der Waals surface area contributed by atoms with Gasteiger partial charge in [0.25, 0.3) is 0 Å². The van der Waals surface area contributed by atoms with E-state index in [1.54, 1.807) is 0 Å². The van der Waals surface area contributed by atoms with E-state index in [9.17, 15) is 0 Å². The molecule has 1 unspecified atom stereocenters. The van der Waals surface area contributed by atoms with Crippen molar-refractivity contribution in [3.63, 3.8) is 0 Å². The number of nitrogens with two attached hydrogens (primary N) is 1. The zero-order valence-electron chi connectivity index (χ0n) is 12.1. The summed E-state index contributed by atoms with van der Waals surface area (Å²) in [6, 6.07) is 6.44. The van der Waals surface area contributed by atoms with E-state index < -0.39 is 0 Å². The molecule has 19 heavy (non-hydrogen) atoms. The molecule has 2 atom stereocenters. The van der Waals surface area contributed by atoms with Crippen molar-refractivity contribution in [1.29, 1.82) is 0 Å². The lowest BCUT2D eigenvalue weighted by atomic mass is 10.0. The molecular weight excluding hydrogens is 304 g/mol. The zero-order valence-corrected chi connectivity index (χ0v) is 13.7. The third-order valence-corrected chi connectivity index (χ3v) is 4.04. The Morgan fingerprint density at radius 1 is 1.47 bits per heavy atom. The van der Waals surface area contributed by atoms with Gasteiger partial charge in [-0.15, -0.1) is 0 Å². The summed E-state index contributed by atoms with van der Waals surface area (Å²) in [4.78, 5) is 2.38. The van der Waals surface area contributed by atoms with Crippen molar-refractivity contribution in [2.45, 2.75) is 45.4 Å². The minimum Gasteiger partial charge on any atom is -0.369 e. The maximum atomic E-state index is 5.95.